The quantitative estimate of drug-likeness (QED) is 0.856. The van der Waals surface area contributed by atoms with Crippen molar-refractivity contribution in [2.75, 3.05) is 19.0 Å². The Labute approximate surface area is 112 Å². The summed E-state index contributed by atoms with van der Waals surface area (Å²) in [7, 11) is 1.69. The first-order valence-electron chi connectivity index (χ1n) is 6.17. The average Bonchev–Trinajstić information content (AvgIpc) is 2.93. The summed E-state index contributed by atoms with van der Waals surface area (Å²) in [5, 5.41) is 6.95. The van der Waals surface area contributed by atoms with Crippen LogP contribution in [0.5, 0.6) is 0 Å². The maximum absolute atomic E-state index is 5.17. The van der Waals surface area contributed by atoms with E-state index in [0.717, 1.165) is 11.6 Å². The smallest absolute Gasteiger partial charge is 0.246 e. The highest BCUT2D eigenvalue weighted by Gasteiger charge is 2.12. The molecule has 0 aliphatic heterocycles. The molecule has 19 heavy (non-hydrogen) atoms. The van der Waals surface area contributed by atoms with Crippen molar-refractivity contribution in [1.29, 1.82) is 0 Å². The van der Waals surface area contributed by atoms with Gasteiger partial charge in [0.2, 0.25) is 11.8 Å². The fourth-order valence-corrected chi connectivity index (χ4v) is 1.87. The Bertz CT molecular complexity index is 534. The van der Waals surface area contributed by atoms with Crippen molar-refractivity contribution in [2.24, 2.45) is 0 Å². The first-order chi connectivity index (χ1) is 9.10. The van der Waals surface area contributed by atoms with E-state index in [1.165, 1.54) is 0 Å². The van der Waals surface area contributed by atoms with Crippen molar-refractivity contribution >= 4 is 5.95 Å². The van der Waals surface area contributed by atoms with E-state index in [-0.39, 0.29) is 6.04 Å². The number of ether oxygens (including phenoxy) is 1. The first kappa shape index (κ1) is 13.5. The Kier molecular flexibility index (Phi) is 4.16. The van der Waals surface area contributed by atoms with Crippen molar-refractivity contribution in [3.05, 3.63) is 23.6 Å². The molecule has 2 aromatic heterocycles. The fraction of sp³-hybridized carbons (Fsp3) is 0.583. The third-order valence-electron chi connectivity index (χ3n) is 2.70. The molecule has 2 aromatic rings. The largest absolute Gasteiger partial charge is 0.383 e. The Balaban J connectivity index is 2.07. The number of aryl methyl sites for hydroxylation is 2. The van der Waals surface area contributed by atoms with E-state index < -0.39 is 0 Å². The van der Waals surface area contributed by atoms with Gasteiger partial charge in [0.15, 0.2) is 5.82 Å². The summed E-state index contributed by atoms with van der Waals surface area (Å²) in [4.78, 5) is 8.58. The number of hydrogen-bond acceptors (Lipinski definition) is 6. The highest BCUT2D eigenvalue weighted by molar-refractivity contribution is 5.29. The number of methoxy groups -OCH3 is 1. The van der Waals surface area contributed by atoms with E-state index in [1.807, 2.05) is 17.7 Å². The summed E-state index contributed by atoms with van der Waals surface area (Å²) in [6.45, 7) is 6.91. The summed E-state index contributed by atoms with van der Waals surface area (Å²) in [6, 6.07) is 0.207. The molecule has 0 aliphatic rings. The minimum absolute atomic E-state index is 0.207. The van der Waals surface area contributed by atoms with Crippen molar-refractivity contribution < 1.29 is 9.26 Å². The van der Waals surface area contributed by atoms with E-state index in [9.17, 15) is 0 Å². The molecule has 0 aliphatic carbocycles. The number of nitrogens with zero attached hydrogens (tertiary/aromatic N) is 4. The zero-order valence-corrected chi connectivity index (χ0v) is 11.7. The second kappa shape index (κ2) is 5.83. The molecule has 1 atom stereocenters. The molecular weight excluding hydrogens is 246 g/mol. The van der Waals surface area contributed by atoms with Crippen LogP contribution in [0.4, 0.5) is 5.95 Å². The molecule has 7 nitrogen and oxygen atoms in total. The van der Waals surface area contributed by atoms with Crippen LogP contribution in [0.3, 0.4) is 0 Å². The van der Waals surface area contributed by atoms with Crippen LogP contribution < -0.4 is 5.32 Å². The van der Waals surface area contributed by atoms with Gasteiger partial charge in [0.25, 0.3) is 0 Å². The van der Waals surface area contributed by atoms with Crippen molar-refractivity contribution in [3.63, 3.8) is 0 Å². The maximum Gasteiger partial charge on any atom is 0.246 e. The first-order valence-corrected chi connectivity index (χ1v) is 6.17. The van der Waals surface area contributed by atoms with Crippen LogP contribution in [0.15, 0.2) is 10.7 Å². The lowest BCUT2D eigenvalue weighted by Gasteiger charge is -2.15. The maximum atomic E-state index is 5.17. The van der Waals surface area contributed by atoms with Gasteiger partial charge < -0.3 is 19.1 Å². The van der Waals surface area contributed by atoms with Gasteiger partial charge in [-0.05, 0) is 20.8 Å². The number of rotatable bonds is 6. The predicted molar refractivity (Wildman–Crippen MR) is 69.9 cm³/mol. The molecule has 0 saturated heterocycles. The van der Waals surface area contributed by atoms with Gasteiger partial charge in [0.05, 0.1) is 24.9 Å². The second-order valence-electron chi connectivity index (χ2n) is 4.51. The molecule has 0 fully saturated rings. The van der Waals surface area contributed by atoms with Crippen LogP contribution in [-0.4, -0.2) is 33.4 Å². The van der Waals surface area contributed by atoms with Gasteiger partial charge in [-0.25, -0.2) is 4.98 Å². The Morgan fingerprint density at radius 2 is 2.21 bits per heavy atom. The van der Waals surface area contributed by atoms with Crippen LogP contribution in [0.1, 0.15) is 30.4 Å². The second-order valence-corrected chi connectivity index (χ2v) is 4.51. The summed E-state index contributed by atoms with van der Waals surface area (Å²) >= 11 is 0. The van der Waals surface area contributed by atoms with E-state index >= 15 is 0 Å². The van der Waals surface area contributed by atoms with Crippen LogP contribution >= 0.6 is 0 Å². The Morgan fingerprint density at radius 3 is 2.84 bits per heavy atom. The molecule has 0 radical (unpaired) electrons. The Hall–Kier alpha value is -1.89. The van der Waals surface area contributed by atoms with Crippen LogP contribution in [0.2, 0.25) is 0 Å². The summed E-state index contributed by atoms with van der Waals surface area (Å²) in [6.07, 6.45) is 1.99. The molecular formula is C12H19N5O2. The molecule has 1 N–H and O–H groups in total. The molecule has 7 heteroatoms. The summed E-state index contributed by atoms with van der Waals surface area (Å²) in [5.74, 6) is 1.95. The van der Waals surface area contributed by atoms with Crippen molar-refractivity contribution in [3.8, 4) is 0 Å². The molecule has 0 bridgehead atoms. The Morgan fingerprint density at radius 1 is 1.42 bits per heavy atom. The standard InChI is InChI=1S/C12H19N5O2/c1-8-6-17(9(2)7-18-4)12(14-8)13-5-11-15-10(3)16-19-11/h6,9H,5,7H2,1-4H3,(H,13,14). The minimum Gasteiger partial charge on any atom is -0.383 e. The van der Waals surface area contributed by atoms with Gasteiger partial charge in [0, 0.05) is 13.3 Å². The van der Waals surface area contributed by atoms with E-state index in [2.05, 4.69) is 27.4 Å². The summed E-state index contributed by atoms with van der Waals surface area (Å²) in [5.41, 5.74) is 0.951. The minimum atomic E-state index is 0.207. The number of aromatic nitrogens is 4. The average molecular weight is 265 g/mol. The molecule has 0 saturated carbocycles. The number of imidazole rings is 1. The number of hydrogen-bond donors (Lipinski definition) is 1. The zero-order chi connectivity index (χ0) is 13.8. The monoisotopic (exact) mass is 265 g/mol. The predicted octanol–water partition coefficient (Wildman–Crippen LogP) is 1.70. The lowest BCUT2D eigenvalue weighted by atomic mass is 10.3. The lowest BCUT2D eigenvalue weighted by molar-refractivity contribution is 0.163. The summed E-state index contributed by atoms with van der Waals surface area (Å²) < 4.78 is 12.3. The SMILES string of the molecule is COCC(C)n1cc(C)nc1NCc1nc(C)no1. The zero-order valence-electron chi connectivity index (χ0n) is 11.7. The lowest BCUT2D eigenvalue weighted by Crippen LogP contribution is -2.14. The normalized spacial score (nSPS) is 12.6. The molecule has 0 amide bonds. The highest BCUT2D eigenvalue weighted by Crippen LogP contribution is 2.16. The molecule has 2 rings (SSSR count). The van der Waals surface area contributed by atoms with Crippen LogP contribution in [0, 0.1) is 13.8 Å². The molecule has 0 aromatic carbocycles. The molecule has 2 heterocycles. The van der Waals surface area contributed by atoms with Crippen molar-refractivity contribution in [2.45, 2.75) is 33.4 Å². The number of anilines is 1. The van der Waals surface area contributed by atoms with E-state index in [0.29, 0.717) is 24.9 Å². The van der Waals surface area contributed by atoms with Gasteiger partial charge in [-0.15, -0.1) is 0 Å². The molecule has 0 spiro atoms. The van der Waals surface area contributed by atoms with Gasteiger partial charge >= 0.3 is 0 Å². The van der Waals surface area contributed by atoms with E-state index in [4.69, 9.17) is 9.26 Å². The van der Waals surface area contributed by atoms with Crippen LogP contribution in [-0.2, 0) is 11.3 Å². The fourth-order valence-electron chi connectivity index (χ4n) is 1.87. The van der Waals surface area contributed by atoms with Gasteiger partial charge in [-0.2, -0.15) is 4.98 Å². The van der Waals surface area contributed by atoms with Gasteiger partial charge in [-0.1, -0.05) is 5.16 Å². The van der Waals surface area contributed by atoms with Crippen LogP contribution in [0.25, 0.3) is 0 Å². The van der Waals surface area contributed by atoms with Gasteiger partial charge in [0.1, 0.15) is 0 Å². The third kappa shape index (κ3) is 3.31. The third-order valence-corrected chi connectivity index (χ3v) is 2.70. The molecule has 104 valence electrons. The number of nitrogens with one attached hydrogen (secondary N) is 1. The highest BCUT2D eigenvalue weighted by atomic mass is 16.5. The molecule has 1 unspecified atom stereocenters. The van der Waals surface area contributed by atoms with Crippen molar-refractivity contribution in [1.82, 2.24) is 19.7 Å². The van der Waals surface area contributed by atoms with Gasteiger partial charge in [-0.3, -0.25) is 0 Å². The van der Waals surface area contributed by atoms with E-state index in [1.54, 1.807) is 14.0 Å². The topological polar surface area (TPSA) is 78.0 Å².